The molecule has 0 spiro atoms. The van der Waals surface area contributed by atoms with Gasteiger partial charge in [-0.25, -0.2) is 9.37 Å². The van der Waals surface area contributed by atoms with Crippen molar-refractivity contribution in [2.24, 2.45) is 0 Å². The highest BCUT2D eigenvalue weighted by Crippen LogP contribution is 2.28. The normalized spacial score (nSPS) is 11.6. The van der Waals surface area contributed by atoms with Gasteiger partial charge < -0.3 is 20.6 Å². The standard InChI is InChI=1S/C24H27FN8O2/c1-16-14-33(21-7-6-17(11-19(16)21)28-22(35)5-4-8-31(2)3)23-20(25)13-26-24(30-23)29-18-12-27-32(15-18)9-10-34/h4-7,11-15,34H,8-10H2,1-3H3,(H,28,35)(H,26,29,30)/b5-4+. The van der Waals surface area contributed by atoms with Gasteiger partial charge in [0.15, 0.2) is 11.6 Å². The number of aliphatic hydroxyl groups excluding tert-OH is 1. The Morgan fingerprint density at radius 3 is 2.83 bits per heavy atom. The highest BCUT2D eigenvalue weighted by molar-refractivity contribution is 6.01. The number of hydrogen-bond donors (Lipinski definition) is 3. The number of halogens is 1. The lowest BCUT2D eigenvalue weighted by molar-refractivity contribution is -0.111. The van der Waals surface area contributed by atoms with Crippen LogP contribution >= 0.6 is 0 Å². The van der Waals surface area contributed by atoms with Gasteiger partial charge in [0.1, 0.15) is 0 Å². The number of aromatic nitrogens is 5. The second kappa shape index (κ2) is 10.5. The third kappa shape index (κ3) is 5.70. The number of carbonyl (C=O) groups is 1. The number of anilines is 3. The topological polar surface area (TPSA) is 113 Å². The Morgan fingerprint density at radius 1 is 1.23 bits per heavy atom. The van der Waals surface area contributed by atoms with Crippen LogP contribution in [0, 0.1) is 12.7 Å². The van der Waals surface area contributed by atoms with Gasteiger partial charge in [0.25, 0.3) is 0 Å². The number of nitrogens with zero attached hydrogens (tertiary/aromatic N) is 6. The van der Waals surface area contributed by atoms with Crippen molar-refractivity contribution in [3.63, 3.8) is 0 Å². The third-order valence-corrected chi connectivity index (χ3v) is 5.18. The first-order valence-corrected chi connectivity index (χ1v) is 11.0. The molecule has 10 nitrogen and oxygen atoms in total. The number of aryl methyl sites for hydroxylation is 1. The maximum absolute atomic E-state index is 14.8. The van der Waals surface area contributed by atoms with Gasteiger partial charge in [-0.05, 0) is 44.8 Å². The average Bonchev–Trinajstić information content (AvgIpc) is 3.39. The summed E-state index contributed by atoms with van der Waals surface area (Å²) >= 11 is 0. The minimum absolute atomic E-state index is 0.0308. The van der Waals surface area contributed by atoms with Gasteiger partial charge in [-0.1, -0.05) is 6.08 Å². The molecule has 0 fully saturated rings. The predicted octanol–water partition coefficient (Wildman–Crippen LogP) is 2.86. The fourth-order valence-electron chi connectivity index (χ4n) is 3.57. The zero-order valence-corrected chi connectivity index (χ0v) is 19.7. The summed E-state index contributed by atoms with van der Waals surface area (Å²) in [6, 6.07) is 5.44. The molecule has 3 heterocycles. The number of benzene rings is 1. The Hall–Kier alpha value is -4.09. The van der Waals surface area contributed by atoms with Gasteiger partial charge in [-0.2, -0.15) is 10.1 Å². The number of amides is 1. The second-order valence-corrected chi connectivity index (χ2v) is 8.27. The van der Waals surface area contributed by atoms with Crippen LogP contribution in [0.5, 0.6) is 0 Å². The summed E-state index contributed by atoms with van der Waals surface area (Å²) in [5.74, 6) is -0.500. The van der Waals surface area contributed by atoms with Crippen LogP contribution in [0.2, 0.25) is 0 Å². The molecule has 0 aliphatic rings. The molecule has 0 aliphatic carbocycles. The number of hydrogen-bond acceptors (Lipinski definition) is 7. The lowest BCUT2D eigenvalue weighted by atomic mass is 10.1. The van der Waals surface area contributed by atoms with Crippen LogP contribution in [0.15, 0.2) is 55.1 Å². The molecule has 11 heteroatoms. The molecular weight excluding hydrogens is 451 g/mol. The van der Waals surface area contributed by atoms with Crippen molar-refractivity contribution in [2.75, 3.05) is 37.9 Å². The van der Waals surface area contributed by atoms with Crippen LogP contribution in [-0.4, -0.2) is 67.5 Å². The van der Waals surface area contributed by atoms with Crippen molar-refractivity contribution in [3.05, 3.63) is 66.5 Å². The van der Waals surface area contributed by atoms with Crippen LogP contribution in [0.25, 0.3) is 16.7 Å². The van der Waals surface area contributed by atoms with Crippen molar-refractivity contribution in [1.29, 1.82) is 0 Å². The number of rotatable bonds is 9. The van der Waals surface area contributed by atoms with Crippen molar-refractivity contribution in [3.8, 4) is 5.82 Å². The first kappa shape index (κ1) is 24.0. The van der Waals surface area contributed by atoms with E-state index in [4.69, 9.17) is 5.11 Å². The maximum atomic E-state index is 14.8. The molecular formula is C24H27FN8O2. The van der Waals surface area contributed by atoms with Crippen LogP contribution in [-0.2, 0) is 11.3 Å². The molecule has 35 heavy (non-hydrogen) atoms. The molecule has 1 aromatic carbocycles. The molecule has 1 amide bonds. The molecule has 4 rings (SSSR count). The molecule has 0 saturated heterocycles. The Kier molecular flexibility index (Phi) is 7.18. The summed E-state index contributed by atoms with van der Waals surface area (Å²) < 4.78 is 18.0. The molecule has 4 aromatic rings. The third-order valence-electron chi connectivity index (χ3n) is 5.18. The van der Waals surface area contributed by atoms with E-state index in [1.807, 2.05) is 38.1 Å². The molecule has 182 valence electrons. The molecule has 3 N–H and O–H groups in total. The van der Waals surface area contributed by atoms with Crippen LogP contribution < -0.4 is 10.6 Å². The van der Waals surface area contributed by atoms with E-state index in [0.29, 0.717) is 24.5 Å². The Balaban J connectivity index is 1.59. The minimum Gasteiger partial charge on any atom is -0.394 e. The zero-order chi connectivity index (χ0) is 24.9. The fraction of sp³-hybridized carbons (Fsp3) is 0.250. The summed E-state index contributed by atoms with van der Waals surface area (Å²) in [4.78, 5) is 22.6. The summed E-state index contributed by atoms with van der Waals surface area (Å²) in [6.07, 6.45) is 9.46. The summed E-state index contributed by atoms with van der Waals surface area (Å²) in [6.45, 7) is 2.91. The summed E-state index contributed by atoms with van der Waals surface area (Å²) in [5.41, 5.74) is 2.90. The molecule has 0 bridgehead atoms. The number of aliphatic hydroxyl groups is 1. The van der Waals surface area contributed by atoms with E-state index in [0.717, 1.165) is 22.7 Å². The van der Waals surface area contributed by atoms with E-state index in [1.165, 1.54) is 6.08 Å². The largest absolute Gasteiger partial charge is 0.394 e. The van der Waals surface area contributed by atoms with E-state index >= 15 is 0 Å². The smallest absolute Gasteiger partial charge is 0.248 e. The van der Waals surface area contributed by atoms with Gasteiger partial charge in [0.2, 0.25) is 11.9 Å². The van der Waals surface area contributed by atoms with Crippen LogP contribution in [0.4, 0.5) is 21.7 Å². The SMILES string of the molecule is Cc1cn(-c2nc(Nc3cnn(CCO)c3)ncc2F)c2ccc(NC(=O)/C=C/CN(C)C)cc12. The summed E-state index contributed by atoms with van der Waals surface area (Å²) in [5, 5.41) is 19.9. The minimum atomic E-state index is -0.577. The Labute approximate surface area is 201 Å². The Morgan fingerprint density at radius 2 is 2.06 bits per heavy atom. The number of carbonyl (C=O) groups excluding carboxylic acids is 1. The van der Waals surface area contributed by atoms with Crippen LogP contribution in [0.1, 0.15) is 5.56 Å². The van der Waals surface area contributed by atoms with Gasteiger partial charge in [0.05, 0.1) is 36.7 Å². The van der Waals surface area contributed by atoms with Gasteiger partial charge in [0, 0.05) is 36.1 Å². The molecule has 0 radical (unpaired) electrons. The van der Waals surface area contributed by atoms with E-state index in [-0.39, 0.29) is 24.3 Å². The average molecular weight is 479 g/mol. The van der Waals surface area contributed by atoms with Crippen molar-refractivity contribution < 1.29 is 14.3 Å². The molecule has 0 saturated carbocycles. The van der Waals surface area contributed by atoms with Gasteiger partial charge in [-0.3, -0.25) is 14.0 Å². The van der Waals surface area contributed by atoms with Gasteiger partial charge in [-0.15, -0.1) is 0 Å². The van der Waals surface area contributed by atoms with E-state index in [2.05, 4.69) is 25.7 Å². The lowest BCUT2D eigenvalue weighted by Gasteiger charge is -2.09. The molecule has 0 aliphatic heterocycles. The molecule has 3 aromatic heterocycles. The second-order valence-electron chi connectivity index (χ2n) is 8.27. The van der Waals surface area contributed by atoms with E-state index in [1.54, 1.807) is 40.0 Å². The van der Waals surface area contributed by atoms with Crippen molar-refractivity contribution in [2.45, 2.75) is 13.5 Å². The lowest BCUT2D eigenvalue weighted by Crippen LogP contribution is -2.12. The van der Waals surface area contributed by atoms with E-state index in [9.17, 15) is 9.18 Å². The maximum Gasteiger partial charge on any atom is 0.248 e. The first-order valence-electron chi connectivity index (χ1n) is 11.0. The van der Waals surface area contributed by atoms with Crippen LogP contribution in [0.3, 0.4) is 0 Å². The quantitative estimate of drug-likeness (QED) is 0.317. The number of likely N-dealkylation sites (N-methyl/N-ethyl adjacent to an activating group) is 1. The monoisotopic (exact) mass is 478 g/mol. The zero-order valence-electron chi connectivity index (χ0n) is 19.7. The Bertz CT molecular complexity index is 1380. The highest BCUT2D eigenvalue weighted by atomic mass is 19.1. The highest BCUT2D eigenvalue weighted by Gasteiger charge is 2.15. The fourth-order valence-corrected chi connectivity index (χ4v) is 3.57. The van der Waals surface area contributed by atoms with Gasteiger partial charge >= 0.3 is 0 Å². The number of nitrogens with one attached hydrogen (secondary N) is 2. The molecule has 0 unspecified atom stereocenters. The predicted molar refractivity (Wildman–Crippen MR) is 132 cm³/mol. The first-order chi connectivity index (χ1) is 16.8. The van der Waals surface area contributed by atoms with E-state index < -0.39 is 5.82 Å². The van der Waals surface area contributed by atoms with Crippen molar-refractivity contribution in [1.82, 2.24) is 29.2 Å². The number of fused-ring (bicyclic) bond motifs is 1. The van der Waals surface area contributed by atoms with Crippen molar-refractivity contribution >= 4 is 34.1 Å². The summed E-state index contributed by atoms with van der Waals surface area (Å²) in [7, 11) is 3.85. The molecule has 0 atom stereocenters.